The number of anilines is 1. The third kappa shape index (κ3) is 1.69. The summed E-state index contributed by atoms with van der Waals surface area (Å²) in [5, 5.41) is 7.75. The zero-order valence-electron chi connectivity index (χ0n) is 8.83. The van der Waals surface area contributed by atoms with Crippen LogP contribution >= 0.6 is 0 Å². The Balaban J connectivity index is 0.000000461. The van der Waals surface area contributed by atoms with Crippen molar-refractivity contribution in [2.24, 2.45) is 0 Å². The van der Waals surface area contributed by atoms with Gasteiger partial charge in [-0.1, -0.05) is 20.8 Å². The zero-order chi connectivity index (χ0) is 10.6. The number of nitrogens with zero attached hydrogens (tertiary/aromatic N) is 2. The molecule has 0 aliphatic heterocycles. The number of aromatic nitrogens is 3. The van der Waals surface area contributed by atoms with Gasteiger partial charge in [-0.15, -0.1) is 0 Å². The normalized spacial score (nSPS) is 9.64. The van der Waals surface area contributed by atoms with Crippen LogP contribution in [0.3, 0.4) is 0 Å². The fourth-order valence-electron chi connectivity index (χ4n) is 1.27. The van der Waals surface area contributed by atoms with E-state index in [-0.39, 0.29) is 0 Å². The number of nitrogen functional groups attached to an aromatic ring is 1. The third-order valence-electron chi connectivity index (χ3n) is 1.98. The molecule has 2 heterocycles. The molecule has 0 unspecified atom stereocenters. The second-order valence-corrected chi connectivity index (χ2v) is 2.68. The number of hydrogen-bond donors (Lipinski definition) is 2. The molecule has 0 fully saturated rings. The second-order valence-electron chi connectivity index (χ2n) is 2.68. The molecule has 0 bridgehead atoms. The van der Waals surface area contributed by atoms with E-state index in [0.717, 1.165) is 22.9 Å². The molecule has 0 aliphatic carbocycles. The van der Waals surface area contributed by atoms with Gasteiger partial charge in [0, 0.05) is 6.20 Å². The molecular weight excluding hydrogens is 176 g/mol. The number of pyridine rings is 1. The van der Waals surface area contributed by atoms with Crippen molar-refractivity contribution in [3.05, 3.63) is 18.0 Å². The highest BCUT2D eigenvalue weighted by molar-refractivity contribution is 5.89. The first-order chi connectivity index (χ1) is 6.83. The molecule has 2 aromatic heterocycles. The number of fused-ring (bicyclic) bond motifs is 1. The van der Waals surface area contributed by atoms with E-state index >= 15 is 0 Å². The highest BCUT2D eigenvalue weighted by atomic mass is 15.1. The molecule has 2 rings (SSSR count). The molecule has 0 saturated heterocycles. The van der Waals surface area contributed by atoms with Crippen molar-refractivity contribution >= 4 is 16.7 Å². The number of H-pyrrole nitrogens is 1. The summed E-state index contributed by atoms with van der Waals surface area (Å²) in [5.41, 5.74) is 7.81. The van der Waals surface area contributed by atoms with Gasteiger partial charge >= 0.3 is 0 Å². The van der Waals surface area contributed by atoms with Gasteiger partial charge in [0.2, 0.25) is 0 Å². The molecule has 14 heavy (non-hydrogen) atoms. The van der Waals surface area contributed by atoms with E-state index in [0.29, 0.717) is 5.82 Å². The van der Waals surface area contributed by atoms with Gasteiger partial charge < -0.3 is 5.73 Å². The maximum absolute atomic E-state index is 5.65. The molecule has 0 saturated carbocycles. The van der Waals surface area contributed by atoms with Gasteiger partial charge in [0.05, 0.1) is 17.1 Å². The van der Waals surface area contributed by atoms with Crippen LogP contribution in [0.2, 0.25) is 0 Å². The second kappa shape index (κ2) is 4.60. The Hall–Kier alpha value is -1.58. The lowest BCUT2D eigenvalue weighted by Crippen LogP contribution is -1.93. The lowest BCUT2D eigenvalue weighted by Gasteiger charge is -1.99. The predicted molar refractivity (Wildman–Crippen MR) is 59.0 cm³/mol. The summed E-state index contributed by atoms with van der Waals surface area (Å²) in [6.45, 7) is 6.08. The lowest BCUT2D eigenvalue weighted by molar-refractivity contribution is 1.08. The number of aryl methyl sites for hydroxylation is 1. The summed E-state index contributed by atoms with van der Waals surface area (Å²) in [4.78, 5) is 4.07. The summed E-state index contributed by atoms with van der Waals surface area (Å²) < 4.78 is 0. The molecule has 0 radical (unpaired) electrons. The van der Waals surface area contributed by atoms with Crippen LogP contribution in [0.15, 0.2) is 12.4 Å². The van der Waals surface area contributed by atoms with Gasteiger partial charge in [-0.2, -0.15) is 5.10 Å². The Morgan fingerprint density at radius 2 is 2.07 bits per heavy atom. The minimum absolute atomic E-state index is 0.538. The highest BCUT2D eigenvalue weighted by Crippen LogP contribution is 2.19. The highest BCUT2D eigenvalue weighted by Gasteiger charge is 2.04. The van der Waals surface area contributed by atoms with Crippen molar-refractivity contribution in [1.82, 2.24) is 15.2 Å². The van der Waals surface area contributed by atoms with Crippen molar-refractivity contribution < 1.29 is 0 Å². The number of nitrogens with one attached hydrogen (secondary N) is 1. The maximum Gasteiger partial charge on any atom is 0.134 e. The quantitative estimate of drug-likeness (QED) is 0.727. The van der Waals surface area contributed by atoms with Crippen LogP contribution in [0.25, 0.3) is 10.9 Å². The monoisotopic (exact) mass is 192 g/mol. The molecule has 0 aromatic carbocycles. The van der Waals surface area contributed by atoms with Gasteiger partial charge in [0.15, 0.2) is 0 Å². The molecule has 2 aromatic rings. The third-order valence-corrected chi connectivity index (χ3v) is 1.98. The van der Waals surface area contributed by atoms with Gasteiger partial charge in [-0.25, -0.2) is 4.98 Å². The standard InChI is InChI=1S/C8H10N4.C2H6/c1-2-5-3-10-8(9)6-4-11-12-7(5)6;1-2/h3-4H,2H2,1H3,(H2,9,10)(H,11,12);1-2H3. The lowest BCUT2D eigenvalue weighted by atomic mass is 10.2. The van der Waals surface area contributed by atoms with E-state index < -0.39 is 0 Å². The zero-order valence-corrected chi connectivity index (χ0v) is 8.83. The number of aromatic amines is 1. The maximum atomic E-state index is 5.65. The summed E-state index contributed by atoms with van der Waals surface area (Å²) in [6.07, 6.45) is 4.43. The van der Waals surface area contributed by atoms with Crippen LogP contribution < -0.4 is 5.73 Å². The smallest absolute Gasteiger partial charge is 0.134 e. The van der Waals surface area contributed by atoms with Gasteiger partial charge in [0.25, 0.3) is 0 Å². The molecule has 4 heteroatoms. The van der Waals surface area contributed by atoms with Gasteiger partial charge in [-0.05, 0) is 12.0 Å². The van der Waals surface area contributed by atoms with Crippen LogP contribution in [-0.2, 0) is 6.42 Å². The first-order valence-corrected chi connectivity index (χ1v) is 4.89. The van der Waals surface area contributed by atoms with Crippen LogP contribution in [0.1, 0.15) is 26.3 Å². The van der Waals surface area contributed by atoms with E-state index in [2.05, 4.69) is 22.1 Å². The van der Waals surface area contributed by atoms with E-state index in [1.807, 2.05) is 13.8 Å². The van der Waals surface area contributed by atoms with E-state index in [1.54, 1.807) is 12.4 Å². The predicted octanol–water partition coefficient (Wildman–Crippen LogP) is 2.13. The molecule has 0 amide bonds. The molecule has 0 atom stereocenters. The van der Waals surface area contributed by atoms with Crippen molar-refractivity contribution in [2.45, 2.75) is 27.2 Å². The van der Waals surface area contributed by atoms with Crippen LogP contribution in [0.4, 0.5) is 5.82 Å². The van der Waals surface area contributed by atoms with E-state index in [9.17, 15) is 0 Å². The Bertz CT molecular complexity index is 405. The molecule has 3 N–H and O–H groups in total. The van der Waals surface area contributed by atoms with Crippen molar-refractivity contribution in [1.29, 1.82) is 0 Å². The summed E-state index contributed by atoms with van der Waals surface area (Å²) >= 11 is 0. The summed E-state index contributed by atoms with van der Waals surface area (Å²) in [7, 11) is 0. The van der Waals surface area contributed by atoms with Crippen LogP contribution in [-0.4, -0.2) is 15.2 Å². The van der Waals surface area contributed by atoms with E-state index in [4.69, 9.17) is 5.73 Å². The largest absolute Gasteiger partial charge is 0.383 e. The molecule has 76 valence electrons. The molecule has 4 nitrogen and oxygen atoms in total. The Kier molecular flexibility index (Phi) is 3.45. The average molecular weight is 192 g/mol. The van der Waals surface area contributed by atoms with Crippen molar-refractivity contribution in [2.75, 3.05) is 5.73 Å². The first kappa shape index (κ1) is 10.5. The van der Waals surface area contributed by atoms with Crippen LogP contribution in [0.5, 0.6) is 0 Å². The number of hydrogen-bond acceptors (Lipinski definition) is 3. The Labute approximate surface area is 83.5 Å². The average Bonchev–Trinajstić information content (AvgIpc) is 2.71. The van der Waals surface area contributed by atoms with Crippen LogP contribution in [0, 0.1) is 0 Å². The van der Waals surface area contributed by atoms with Crippen molar-refractivity contribution in [3.8, 4) is 0 Å². The van der Waals surface area contributed by atoms with Gasteiger partial charge in [-0.3, -0.25) is 5.10 Å². The summed E-state index contributed by atoms with van der Waals surface area (Å²) in [5.74, 6) is 0.538. The molecule has 0 spiro atoms. The van der Waals surface area contributed by atoms with Gasteiger partial charge in [0.1, 0.15) is 5.82 Å². The summed E-state index contributed by atoms with van der Waals surface area (Å²) in [6, 6.07) is 0. The Morgan fingerprint density at radius 1 is 1.36 bits per heavy atom. The fraction of sp³-hybridized carbons (Fsp3) is 0.400. The first-order valence-electron chi connectivity index (χ1n) is 4.89. The minimum Gasteiger partial charge on any atom is -0.383 e. The topological polar surface area (TPSA) is 67.6 Å². The fourth-order valence-corrected chi connectivity index (χ4v) is 1.27. The Morgan fingerprint density at radius 3 is 2.71 bits per heavy atom. The number of nitrogens with two attached hydrogens (primary N) is 1. The molecular formula is C10H16N4. The van der Waals surface area contributed by atoms with Crippen molar-refractivity contribution in [3.63, 3.8) is 0 Å². The SMILES string of the molecule is CC.CCc1cnc(N)c2cn[nH]c12. The van der Waals surface area contributed by atoms with E-state index in [1.165, 1.54) is 0 Å². The molecule has 0 aliphatic rings. The minimum atomic E-state index is 0.538. The number of rotatable bonds is 1.